The Balaban J connectivity index is 1.67. The predicted octanol–water partition coefficient (Wildman–Crippen LogP) is 2.71. The lowest BCUT2D eigenvalue weighted by molar-refractivity contribution is -0.131. The SMILES string of the molecule is CCOCCOCCOC1(C)SC(NC2CCCCCC2)=NC1=O. The van der Waals surface area contributed by atoms with Crippen molar-refractivity contribution in [2.24, 2.45) is 4.99 Å². The van der Waals surface area contributed by atoms with Crippen LogP contribution in [0.25, 0.3) is 0 Å². The van der Waals surface area contributed by atoms with E-state index in [4.69, 9.17) is 14.2 Å². The zero-order valence-corrected chi connectivity index (χ0v) is 15.7. The number of carbonyl (C=O) groups excluding carboxylic acids is 1. The minimum atomic E-state index is -0.934. The van der Waals surface area contributed by atoms with Crippen molar-refractivity contribution >= 4 is 22.8 Å². The molecule has 6 nitrogen and oxygen atoms in total. The Hall–Kier alpha value is -0.630. The number of ether oxygens (including phenoxy) is 3. The molecule has 1 N–H and O–H groups in total. The Morgan fingerprint density at radius 2 is 1.79 bits per heavy atom. The van der Waals surface area contributed by atoms with Crippen molar-refractivity contribution < 1.29 is 19.0 Å². The molecule has 1 unspecified atom stereocenters. The summed E-state index contributed by atoms with van der Waals surface area (Å²) in [5.41, 5.74) is 0. The molecular weight excluding hydrogens is 328 g/mol. The van der Waals surface area contributed by atoms with Crippen molar-refractivity contribution in [3.63, 3.8) is 0 Å². The second kappa shape index (κ2) is 10.4. The van der Waals surface area contributed by atoms with Crippen LogP contribution < -0.4 is 5.32 Å². The predicted molar refractivity (Wildman–Crippen MR) is 96.3 cm³/mol. The third-order valence-corrected chi connectivity index (χ3v) is 5.33. The first-order chi connectivity index (χ1) is 11.6. The molecule has 1 fully saturated rings. The third kappa shape index (κ3) is 6.35. The van der Waals surface area contributed by atoms with Gasteiger partial charge in [-0.2, -0.15) is 4.99 Å². The van der Waals surface area contributed by atoms with Crippen LogP contribution in [-0.4, -0.2) is 55.1 Å². The van der Waals surface area contributed by atoms with Crippen LogP contribution in [0, 0.1) is 0 Å². The van der Waals surface area contributed by atoms with Crippen molar-refractivity contribution in [2.45, 2.75) is 63.3 Å². The highest BCUT2D eigenvalue weighted by molar-refractivity contribution is 8.16. The summed E-state index contributed by atoms with van der Waals surface area (Å²) in [7, 11) is 0. The van der Waals surface area contributed by atoms with Gasteiger partial charge in [0.25, 0.3) is 5.91 Å². The van der Waals surface area contributed by atoms with Gasteiger partial charge < -0.3 is 19.5 Å². The van der Waals surface area contributed by atoms with Gasteiger partial charge in [0.05, 0.1) is 26.4 Å². The second-order valence-corrected chi connectivity index (χ2v) is 7.63. The van der Waals surface area contributed by atoms with Crippen LogP contribution in [0.1, 0.15) is 52.4 Å². The largest absolute Gasteiger partial charge is 0.379 e. The molecule has 1 aliphatic heterocycles. The molecule has 1 amide bonds. The maximum Gasteiger partial charge on any atom is 0.290 e. The van der Waals surface area contributed by atoms with E-state index in [9.17, 15) is 4.79 Å². The molecule has 0 aromatic rings. The fourth-order valence-corrected chi connectivity index (χ4v) is 3.85. The van der Waals surface area contributed by atoms with E-state index < -0.39 is 4.93 Å². The topological polar surface area (TPSA) is 69.2 Å². The van der Waals surface area contributed by atoms with E-state index in [2.05, 4.69) is 10.3 Å². The molecule has 1 aliphatic carbocycles. The maximum atomic E-state index is 12.2. The fourth-order valence-electron chi connectivity index (χ4n) is 2.86. The summed E-state index contributed by atoms with van der Waals surface area (Å²) in [4.78, 5) is 15.4. The van der Waals surface area contributed by atoms with Gasteiger partial charge in [-0.05, 0) is 38.5 Å². The minimum absolute atomic E-state index is 0.224. The zero-order valence-electron chi connectivity index (χ0n) is 14.8. The van der Waals surface area contributed by atoms with E-state index in [0.717, 1.165) is 12.8 Å². The maximum absolute atomic E-state index is 12.2. The van der Waals surface area contributed by atoms with Gasteiger partial charge in [0.15, 0.2) is 10.1 Å². The van der Waals surface area contributed by atoms with E-state index in [-0.39, 0.29) is 5.91 Å². The summed E-state index contributed by atoms with van der Waals surface area (Å²) < 4.78 is 16.4. The Kier molecular flexibility index (Phi) is 8.52. The number of amides is 1. The summed E-state index contributed by atoms with van der Waals surface area (Å²) in [6.07, 6.45) is 7.41. The molecule has 138 valence electrons. The first kappa shape index (κ1) is 19.7. The van der Waals surface area contributed by atoms with Crippen molar-refractivity contribution in [2.75, 3.05) is 33.0 Å². The Morgan fingerprint density at radius 1 is 1.12 bits per heavy atom. The van der Waals surface area contributed by atoms with Crippen LogP contribution in [0.5, 0.6) is 0 Å². The quantitative estimate of drug-likeness (QED) is 0.505. The molecule has 24 heavy (non-hydrogen) atoms. The number of amidine groups is 1. The molecule has 0 aromatic heterocycles. The van der Waals surface area contributed by atoms with Crippen molar-refractivity contribution in [1.82, 2.24) is 5.32 Å². The van der Waals surface area contributed by atoms with Gasteiger partial charge >= 0.3 is 0 Å². The summed E-state index contributed by atoms with van der Waals surface area (Å²) in [6.45, 7) is 6.37. The van der Waals surface area contributed by atoms with Crippen LogP contribution in [0.15, 0.2) is 4.99 Å². The summed E-state index contributed by atoms with van der Waals surface area (Å²) >= 11 is 1.38. The average molecular weight is 359 g/mol. The molecule has 0 spiro atoms. The molecule has 1 saturated carbocycles. The van der Waals surface area contributed by atoms with Gasteiger partial charge in [-0.25, -0.2) is 0 Å². The second-order valence-electron chi connectivity index (χ2n) is 6.26. The lowest BCUT2D eigenvalue weighted by Gasteiger charge is -2.22. The fraction of sp³-hybridized carbons (Fsp3) is 0.882. The molecule has 7 heteroatoms. The molecule has 1 heterocycles. The third-order valence-electron chi connectivity index (χ3n) is 4.25. The molecule has 0 aromatic carbocycles. The number of hydrogen-bond acceptors (Lipinski definition) is 6. The van der Waals surface area contributed by atoms with Crippen LogP contribution in [0.2, 0.25) is 0 Å². The number of nitrogens with zero attached hydrogens (tertiary/aromatic N) is 1. The molecule has 0 bridgehead atoms. The number of carbonyl (C=O) groups is 1. The van der Waals surface area contributed by atoms with Gasteiger partial charge in [-0.15, -0.1) is 0 Å². The molecule has 2 rings (SSSR count). The number of rotatable bonds is 9. The summed E-state index contributed by atoms with van der Waals surface area (Å²) in [5.74, 6) is -0.224. The smallest absolute Gasteiger partial charge is 0.290 e. The monoisotopic (exact) mass is 358 g/mol. The van der Waals surface area contributed by atoms with E-state index in [1.807, 2.05) is 6.92 Å². The van der Waals surface area contributed by atoms with Gasteiger partial charge in [0, 0.05) is 12.6 Å². The lowest BCUT2D eigenvalue weighted by Crippen LogP contribution is -2.35. The van der Waals surface area contributed by atoms with Crippen LogP contribution in [0.4, 0.5) is 0 Å². The molecular formula is C17H30N2O4S. The zero-order chi connectivity index (χ0) is 17.3. The number of hydrogen-bond donors (Lipinski definition) is 1. The van der Waals surface area contributed by atoms with Crippen molar-refractivity contribution in [1.29, 1.82) is 0 Å². The van der Waals surface area contributed by atoms with E-state index in [1.165, 1.54) is 37.4 Å². The van der Waals surface area contributed by atoms with Crippen LogP contribution in [-0.2, 0) is 19.0 Å². The first-order valence-electron chi connectivity index (χ1n) is 9.02. The van der Waals surface area contributed by atoms with E-state index in [0.29, 0.717) is 44.2 Å². The van der Waals surface area contributed by atoms with Gasteiger partial charge in [0.1, 0.15) is 0 Å². The van der Waals surface area contributed by atoms with Gasteiger partial charge in [0.2, 0.25) is 0 Å². The summed E-state index contributed by atoms with van der Waals surface area (Å²) in [5, 5.41) is 4.13. The Bertz CT molecular complexity index is 425. The van der Waals surface area contributed by atoms with Gasteiger partial charge in [-0.3, -0.25) is 4.79 Å². The Morgan fingerprint density at radius 3 is 2.50 bits per heavy atom. The standard InChI is InChI=1S/C17H30N2O4S/c1-3-21-10-11-22-12-13-23-17(2)15(20)19-16(24-17)18-14-8-6-4-5-7-9-14/h14H,3-13H2,1-2H3,(H,18,19,20). The van der Waals surface area contributed by atoms with E-state index >= 15 is 0 Å². The lowest BCUT2D eigenvalue weighted by atomic mass is 10.1. The van der Waals surface area contributed by atoms with Crippen molar-refractivity contribution in [3.8, 4) is 0 Å². The normalized spacial score (nSPS) is 25.6. The Labute approximate surface area is 149 Å². The number of aliphatic imine (C=N–C) groups is 1. The van der Waals surface area contributed by atoms with Crippen LogP contribution in [0.3, 0.4) is 0 Å². The molecule has 2 aliphatic rings. The molecule has 1 atom stereocenters. The molecule has 0 saturated heterocycles. The number of thioether (sulfide) groups is 1. The van der Waals surface area contributed by atoms with Crippen LogP contribution >= 0.6 is 11.8 Å². The summed E-state index contributed by atoms with van der Waals surface area (Å²) in [6, 6.07) is 0.427. The molecule has 0 radical (unpaired) electrons. The van der Waals surface area contributed by atoms with E-state index in [1.54, 1.807) is 6.92 Å². The number of nitrogens with one attached hydrogen (secondary N) is 1. The van der Waals surface area contributed by atoms with Crippen molar-refractivity contribution in [3.05, 3.63) is 0 Å². The highest BCUT2D eigenvalue weighted by atomic mass is 32.2. The highest BCUT2D eigenvalue weighted by Crippen LogP contribution is 2.34. The first-order valence-corrected chi connectivity index (χ1v) is 9.84. The van der Waals surface area contributed by atoms with Gasteiger partial charge in [-0.1, -0.05) is 25.7 Å². The highest BCUT2D eigenvalue weighted by Gasteiger charge is 2.42. The minimum Gasteiger partial charge on any atom is -0.379 e. The average Bonchev–Trinajstić information content (AvgIpc) is 2.72.